The van der Waals surface area contributed by atoms with Gasteiger partial charge in [0.25, 0.3) is 0 Å². The Balaban J connectivity index is 1.85. The Hall–Kier alpha value is -0.700. The second kappa shape index (κ2) is 5.01. The third kappa shape index (κ3) is 2.49. The molecule has 0 spiro atoms. The molecule has 1 aromatic rings. The molecule has 2 aliphatic rings. The van der Waals surface area contributed by atoms with Crippen LogP contribution in [-0.2, 0) is 0 Å². The monoisotopic (exact) mass is 324 g/mol. The van der Waals surface area contributed by atoms with Gasteiger partial charge in [-0.1, -0.05) is 42.3 Å². The fourth-order valence-electron chi connectivity index (χ4n) is 3.36. The molecule has 0 bridgehead atoms. The van der Waals surface area contributed by atoms with Crippen LogP contribution < -0.4 is 9.47 Å². The van der Waals surface area contributed by atoms with Crippen LogP contribution in [0.3, 0.4) is 0 Å². The molecule has 0 N–H and O–H groups in total. The summed E-state index contributed by atoms with van der Waals surface area (Å²) in [6.07, 6.45) is 3.96. The van der Waals surface area contributed by atoms with E-state index in [2.05, 4.69) is 41.9 Å². The normalized spacial score (nSPS) is 26.2. The topological polar surface area (TPSA) is 18.5 Å². The molecule has 3 rings (SSSR count). The predicted octanol–water partition coefficient (Wildman–Crippen LogP) is 4.72. The first-order valence-electron chi connectivity index (χ1n) is 7.11. The van der Waals surface area contributed by atoms with Crippen molar-refractivity contribution in [1.82, 2.24) is 0 Å². The lowest BCUT2D eigenvalue weighted by atomic mass is 9.78. The van der Waals surface area contributed by atoms with Crippen molar-refractivity contribution in [1.29, 1.82) is 0 Å². The summed E-state index contributed by atoms with van der Waals surface area (Å²) in [5.41, 5.74) is 1.73. The predicted molar refractivity (Wildman–Crippen MR) is 80.2 cm³/mol. The summed E-state index contributed by atoms with van der Waals surface area (Å²) in [6, 6.07) is 6.35. The van der Waals surface area contributed by atoms with Crippen LogP contribution in [0, 0.1) is 11.3 Å². The van der Waals surface area contributed by atoms with Gasteiger partial charge in [-0.15, -0.1) is 0 Å². The quantitative estimate of drug-likeness (QED) is 0.733. The number of benzene rings is 1. The Bertz CT molecular complexity index is 470. The van der Waals surface area contributed by atoms with Crippen molar-refractivity contribution in [3.63, 3.8) is 0 Å². The van der Waals surface area contributed by atoms with Gasteiger partial charge in [0.1, 0.15) is 13.2 Å². The highest BCUT2D eigenvalue weighted by Gasteiger charge is 2.39. The average molecular weight is 325 g/mol. The van der Waals surface area contributed by atoms with Crippen molar-refractivity contribution < 1.29 is 9.47 Å². The Morgan fingerprint density at radius 3 is 2.63 bits per heavy atom. The summed E-state index contributed by atoms with van der Waals surface area (Å²) in [7, 11) is 0. The number of hydrogen-bond donors (Lipinski definition) is 0. The molecule has 1 aliphatic heterocycles. The highest BCUT2D eigenvalue weighted by atomic mass is 79.9. The first-order chi connectivity index (χ1) is 9.08. The van der Waals surface area contributed by atoms with E-state index >= 15 is 0 Å². The van der Waals surface area contributed by atoms with Crippen LogP contribution in [0.4, 0.5) is 0 Å². The van der Waals surface area contributed by atoms with E-state index in [1.807, 2.05) is 6.07 Å². The SMILES string of the molecule is CC1(C)CCCC1C(Br)c1ccc2c(c1)OCCO2. The smallest absolute Gasteiger partial charge is 0.161 e. The fourth-order valence-corrected chi connectivity index (χ4v) is 4.62. The highest BCUT2D eigenvalue weighted by molar-refractivity contribution is 9.09. The maximum atomic E-state index is 5.68. The van der Waals surface area contributed by atoms with E-state index in [1.165, 1.54) is 24.8 Å². The van der Waals surface area contributed by atoms with Crippen molar-refractivity contribution >= 4 is 15.9 Å². The van der Waals surface area contributed by atoms with Crippen molar-refractivity contribution in [2.24, 2.45) is 11.3 Å². The second-order valence-corrected chi connectivity index (χ2v) is 7.28. The first kappa shape index (κ1) is 13.3. The molecule has 1 aliphatic carbocycles. The molecule has 2 atom stereocenters. The zero-order valence-electron chi connectivity index (χ0n) is 11.6. The van der Waals surface area contributed by atoms with Crippen molar-refractivity contribution in [2.45, 2.75) is 37.9 Å². The molecule has 19 heavy (non-hydrogen) atoms. The number of rotatable bonds is 2. The average Bonchev–Trinajstić information content (AvgIpc) is 2.77. The molecule has 0 amide bonds. The molecule has 0 saturated heterocycles. The van der Waals surface area contributed by atoms with Gasteiger partial charge in [0.05, 0.1) is 0 Å². The van der Waals surface area contributed by atoms with Gasteiger partial charge in [0, 0.05) is 4.83 Å². The Morgan fingerprint density at radius 1 is 1.21 bits per heavy atom. The lowest BCUT2D eigenvalue weighted by Crippen LogP contribution is -2.21. The minimum Gasteiger partial charge on any atom is -0.486 e. The van der Waals surface area contributed by atoms with E-state index in [-0.39, 0.29) is 0 Å². The molecule has 1 fully saturated rings. The standard InChI is InChI=1S/C16H21BrO2/c1-16(2)7-3-4-12(16)15(17)11-5-6-13-14(10-11)19-9-8-18-13/h5-6,10,12,15H,3-4,7-9H2,1-2H3. The van der Waals surface area contributed by atoms with E-state index < -0.39 is 0 Å². The third-order valence-corrected chi connectivity index (χ3v) is 5.74. The zero-order chi connectivity index (χ0) is 13.5. The highest BCUT2D eigenvalue weighted by Crippen LogP contribution is 2.52. The van der Waals surface area contributed by atoms with E-state index in [0.29, 0.717) is 29.4 Å². The van der Waals surface area contributed by atoms with Crippen LogP contribution in [0.1, 0.15) is 43.5 Å². The van der Waals surface area contributed by atoms with E-state index in [9.17, 15) is 0 Å². The summed E-state index contributed by atoms with van der Waals surface area (Å²) < 4.78 is 11.3. The van der Waals surface area contributed by atoms with Crippen molar-refractivity contribution in [2.75, 3.05) is 13.2 Å². The Morgan fingerprint density at radius 2 is 1.95 bits per heavy atom. The van der Waals surface area contributed by atoms with Gasteiger partial charge in [0.2, 0.25) is 0 Å². The first-order valence-corrected chi connectivity index (χ1v) is 8.03. The number of halogens is 1. The van der Waals surface area contributed by atoms with Gasteiger partial charge in [0.15, 0.2) is 11.5 Å². The van der Waals surface area contributed by atoms with Crippen LogP contribution in [0.25, 0.3) is 0 Å². The fraction of sp³-hybridized carbons (Fsp3) is 0.625. The summed E-state index contributed by atoms with van der Waals surface area (Å²) >= 11 is 3.92. The van der Waals surface area contributed by atoms with Crippen LogP contribution in [0.5, 0.6) is 11.5 Å². The number of fused-ring (bicyclic) bond motifs is 1. The summed E-state index contributed by atoms with van der Waals surface area (Å²) in [5, 5.41) is 0. The van der Waals surface area contributed by atoms with Crippen LogP contribution in [-0.4, -0.2) is 13.2 Å². The molecule has 0 radical (unpaired) electrons. The Kier molecular flexibility index (Phi) is 3.50. The van der Waals surface area contributed by atoms with Gasteiger partial charge in [-0.2, -0.15) is 0 Å². The molecular weight excluding hydrogens is 304 g/mol. The second-order valence-electron chi connectivity index (χ2n) is 6.29. The maximum absolute atomic E-state index is 5.68. The maximum Gasteiger partial charge on any atom is 0.161 e. The van der Waals surface area contributed by atoms with Gasteiger partial charge < -0.3 is 9.47 Å². The van der Waals surface area contributed by atoms with Gasteiger partial charge in [-0.3, -0.25) is 0 Å². The van der Waals surface area contributed by atoms with Gasteiger partial charge in [-0.05, 0) is 41.9 Å². The molecule has 1 aromatic carbocycles. The lowest BCUT2D eigenvalue weighted by Gasteiger charge is -2.31. The molecular formula is C16H21BrO2. The number of ether oxygens (including phenoxy) is 2. The summed E-state index contributed by atoms with van der Waals surface area (Å²) in [5.74, 6) is 2.46. The summed E-state index contributed by atoms with van der Waals surface area (Å²) in [6.45, 7) is 6.08. The van der Waals surface area contributed by atoms with Gasteiger partial charge in [-0.25, -0.2) is 0 Å². The number of hydrogen-bond acceptors (Lipinski definition) is 2. The molecule has 104 valence electrons. The third-order valence-electron chi connectivity index (χ3n) is 4.58. The Labute approximate surface area is 123 Å². The van der Waals surface area contributed by atoms with Crippen LogP contribution in [0.15, 0.2) is 18.2 Å². The van der Waals surface area contributed by atoms with Crippen molar-refractivity contribution in [3.8, 4) is 11.5 Å². The van der Waals surface area contributed by atoms with E-state index in [1.54, 1.807) is 0 Å². The molecule has 0 aromatic heterocycles. The largest absolute Gasteiger partial charge is 0.486 e. The van der Waals surface area contributed by atoms with E-state index in [0.717, 1.165) is 11.5 Å². The molecule has 2 nitrogen and oxygen atoms in total. The molecule has 1 heterocycles. The van der Waals surface area contributed by atoms with E-state index in [4.69, 9.17) is 9.47 Å². The zero-order valence-corrected chi connectivity index (χ0v) is 13.2. The minimum atomic E-state index is 0.404. The summed E-state index contributed by atoms with van der Waals surface area (Å²) in [4.78, 5) is 0.404. The minimum absolute atomic E-state index is 0.404. The van der Waals surface area contributed by atoms with Gasteiger partial charge >= 0.3 is 0 Å². The van der Waals surface area contributed by atoms with Crippen LogP contribution in [0.2, 0.25) is 0 Å². The van der Waals surface area contributed by atoms with Crippen LogP contribution >= 0.6 is 15.9 Å². The number of alkyl halides is 1. The lowest BCUT2D eigenvalue weighted by molar-refractivity contribution is 0.171. The molecule has 1 saturated carbocycles. The molecule has 2 unspecified atom stereocenters. The molecule has 3 heteroatoms. The van der Waals surface area contributed by atoms with Crippen molar-refractivity contribution in [3.05, 3.63) is 23.8 Å².